The summed E-state index contributed by atoms with van der Waals surface area (Å²) in [6.07, 6.45) is 5.27. The van der Waals surface area contributed by atoms with Crippen LogP contribution in [0.5, 0.6) is 0 Å². The summed E-state index contributed by atoms with van der Waals surface area (Å²) in [5.41, 5.74) is 1.33. The number of thioether (sulfide) groups is 1. The van der Waals surface area contributed by atoms with Crippen LogP contribution in [-0.2, 0) is 7.05 Å². The highest BCUT2D eigenvalue weighted by atomic mass is 127. The molecule has 1 aliphatic heterocycles. The van der Waals surface area contributed by atoms with Crippen LogP contribution < -0.4 is 5.32 Å². The summed E-state index contributed by atoms with van der Waals surface area (Å²) < 4.78 is 1.88. The predicted octanol–water partition coefficient (Wildman–Crippen LogP) is 3.20. The third-order valence-electron chi connectivity index (χ3n) is 4.29. The van der Waals surface area contributed by atoms with Gasteiger partial charge in [0.05, 0.1) is 6.20 Å². The Kier molecular flexibility index (Phi) is 8.08. The zero-order valence-electron chi connectivity index (χ0n) is 14.8. The zero-order chi connectivity index (χ0) is 16.8. The molecule has 136 valence electrons. The molecule has 1 aliphatic rings. The number of aromatic nitrogens is 2. The molecule has 1 N–H and O–H groups in total. The van der Waals surface area contributed by atoms with E-state index in [1.165, 1.54) is 10.5 Å². The van der Waals surface area contributed by atoms with Gasteiger partial charge in [0.25, 0.3) is 0 Å². The number of benzene rings is 1. The molecule has 5 nitrogen and oxygen atoms in total. The fourth-order valence-electron chi connectivity index (χ4n) is 3.06. The highest BCUT2D eigenvalue weighted by Gasteiger charge is 2.26. The molecule has 0 saturated carbocycles. The van der Waals surface area contributed by atoms with E-state index in [1.54, 1.807) is 0 Å². The van der Waals surface area contributed by atoms with E-state index in [2.05, 4.69) is 56.8 Å². The van der Waals surface area contributed by atoms with Crippen molar-refractivity contribution in [3.05, 3.63) is 48.3 Å². The molecule has 3 rings (SSSR count). The van der Waals surface area contributed by atoms with Crippen LogP contribution in [0.15, 0.2) is 52.6 Å². The molecule has 0 spiro atoms. The number of hydrogen-bond acceptors (Lipinski definition) is 3. The highest BCUT2D eigenvalue weighted by Crippen LogP contribution is 2.26. The number of rotatable bonds is 5. The molecule has 1 saturated heterocycles. The average Bonchev–Trinajstić information content (AvgIpc) is 3.25. The molecule has 25 heavy (non-hydrogen) atoms. The lowest BCUT2D eigenvalue weighted by molar-refractivity contribution is 0.488. The third-order valence-corrected chi connectivity index (χ3v) is 5.31. The van der Waals surface area contributed by atoms with Crippen LogP contribution in [0.25, 0.3) is 0 Å². The molecule has 0 radical (unpaired) electrons. The number of nitrogens with one attached hydrogen (secondary N) is 1. The summed E-state index contributed by atoms with van der Waals surface area (Å²) in [5, 5.41) is 7.78. The molecule has 1 aromatic carbocycles. The molecule has 2 heterocycles. The first-order valence-electron chi connectivity index (χ1n) is 8.38. The lowest BCUT2D eigenvalue weighted by Gasteiger charge is -2.21. The van der Waals surface area contributed by atoms with Crippen molar-refractivity contribution in [3.8, 4) is 0 Å². The van der Waals surface area contributed by atoms with Crippen LogP contribution in [0.4, 0.5) is 0 Å². The Morgan fingerprint density at radius 1 is 1.36 bits per heavy atom. The van der Waals surface area contributed by atoms with Gasteiger partial charge in [-0.1, -0.05) is 18.2 Å². The fraction of sp³-hybridized carbons (Fsp3) is 0.444. The minimum atomic E-state index is 0. The maximum absolute atomic E-state index is 4.45. The molecular weight excluding hydrogens is 445 g/mol. The van der Waals surface area contributed by atoms with E-state index in [9.17, 15) is 0 Å². The van der Waals surface area contributed by atoms with Gasteiger partial charge >= 0.3 is 0 Å². The van der Waals surface area contributed by atoms with Crippen molar-refractivity contribution < 1.29 is 0 Å². The lowest BCUT2D eigenvalue weighted by Crippen LogP contribution is -2.40. The lowest BCUT2D eigenvalue weighted by atomic mass is 10.0. The molecule has 0 aliphatic carbocycles. The smallest absolute Gasteiger partial charge is 0.193 e. The Hall–Kier alpha value is -1.22. The van der Waals surface area contributed by atoms with Crippen LogP contribution >= 0.6 is 35.7 Å². The van der Waals surface area contributed by atoms with E-state index in [-0.39, 0.29) is 24.0 Å². The van der Waals surface area contributed by atoms with E-state index >= 15 is 0 Å². The van der Waals surface area contributed by atoms with Gasteiger partial charge in [0.15, 0.2) is 5.96 Å². The largest absolute Gasteiger partial charge is 0.355 e. The summed E-state index contributed by atoms with van der Waals surface area (Å²) in [5.74, 6) is 2.59. The Morgan fingerprint density at radius 3 is 2.84 bits per heavy atom. The predicted molar refractivity (Wildman–Crippen MR) is 116 cm³/mol. The number of nitrogens with zero attached hydrogens (tertiary/aromatic N) is 4. The van der Waals surface area contributed by atoms with Gasteiger partial charge in [0, 0.05) is 56.5 Å². The number of halogens is 1. The minimum absolute atomic E-state index is 0. The summed E-state index contributed by atoms with van der Waals surface area (Å²) >= 11 is 1.87. The Balaban J connectivity index is 0.00000225. The van der Waals surface area contributed by atoms with Crippen molar-refractivity contribution in [1.29, 1.82) is 0 Å². The molecule has 0 amide bonds. The topological polar surface area (TPSA) is 45.5 Å². The fourth-order valence-corrected chi connectivity index (χ4v) is 3.85. The summed E-state index contributed by atoms with van der Waals surface area (Å²) in [7, 11) is 3.84. The van der Waals surface area contributed by atoms with E-state index in [4.69, 9.17) is 0 Å². The van der Waals surface area contributed by atoms with Crippen LogP contribution in [0.1, 0.15) is 17.9 Å². The number of guanidine groups is 1. The first-order chi connectivity index (χ1) is 11.8. The molecule has 0 bridgehead atoms. The van der Waals surface area contributed by atoms with Crippen molar-refractivity contribution in [2.45, 2.75) is 17.2 Å². The standard InChI is InChI=1S/C18H25N5S.HI/c1-19-18(20-9-11-24-17-6-4-3-5-7-17)23-10-8-15(14-23)16-12-21-22(2)13-16;/h3-7,12-13,15H,8-11,14H2,1-2H3,(H,19,20);1H. The molecule has 2 aromatic rings. The van der Waals surface area contributed by atoms with Crippen LogP contribution in [0.3, 0.4) is 0 Å². The summed E-state index contributed by atoms with van der Waals surface area (Å²) in [6.45, 7) is 2.97. The van der Waals surface area contributed by atoms with Gasteiger partial charge in [0.2, 0.25) is 0 Å². The second-order valence-corrected chi connectivity index (χ2v) is 7.18. The Morgan fingerprint density at radius 2 is 2.16 bits per heavy atom. The second kappa shape index (κ2) is 10.1. The highest BCUT2D eigenvalue weighted by molar-refractivity contribution is 14.0. The maximum atomic E-state index is 4.45. The monoisotopic (exact) mass is 471 g/mol. The normalized spacial score (nSPS) is 17.4. The van der Waals surface area contributed by atoms with Crippen LogP contribution in [0.2, 0.25) is 0 Å². The van der Waals surface area contributed by atoms with Gasteiger partial charge in [-0.05, 0) is 24.1 Å². The van der Waals surface area contributed by atoms with E-state index in [0.717, 1.165) is 37.8 Å². The molecule has 1 unspecified atom stereocenters. The Labute approximate surface area is 171 Å². The number of aryl methyl sites for hydroxylation is 1. The minimum Gasteiger partial charge on any atom is -0.355 e. The molecule has 1 fully saturated rings. The summed E-state index contributed by atoms with van der Waals surface area (Å²) in [6, 6.07) is 10.5. The number of likely N-dealkylation sites (tertiary alicyclic amines) is 1. The van der Waals surface area contributed by atoms with Crippen molar-refractivity contribution in [2.24, 2.45) is 12.0 Å². The maximum Gasteiger partial charge on any atom is 0.193 e. The first-order valence-corrected chi connectivity index (χ1v) is 9.37. The van der Waals surface area contributed by atoms with Crippen molar-refractivity contribution in [1.82, 2.24) is 20.0 Å². The van der Waals surface area contributed by atoms with E-state index in [1.807, 2.05) is 36.7 Å². The van der Waals surface area contributed by atoms with Gasteiger partial charge in [0.1, 0.15) is 0 Å². The number of aliphatic imine (C=N–C) groups is 1. The van der Waals surface area contributed by atoms with Gasteiger partial charge < -0.3 is 10.2 Å². The Bertz CT molecular complexity index is 673. The average molecular weight is 471 g/mol. The zero-order valence-corrected chi connectivity index (χ0v) is 17.9. The molecule has 1 atom stereocenters. The second-order valence-electron chi connectivity index (χ2n) is 6.01. The van der Waals surface area contributed by atoms with Crippen LogP contribution in [-0.4, -0.2) is 53.1 Å². The van der Waals surface area contributed by atoms with Gasteiger partial charge in [-0.15, -0.1) is 35.7 Å². The van der Waals surface area contributed by atoms with Crippen LogP contribution in [0, 0.1) is 0 Å². The third kappa shape index (κ3) is 5.64. The van der Waals surface area contributed by atoms with E-state index < -0.39 is 0 Å². The quantitative estimate of drug-likeness (QED) is 0.239. The molecule has 1 aromatic heterocycles. The van der Waals surface area contributed by atoms with Crippen molar-refractivity contribution >= 4 is 41.7 Å². The van der Waals surface area contributed by atoms with Crippen molar-refractivity contribution in [2.75, 3.05) is 32.4 Å². The summed E-state index contributed by atoms with van der Waals surface area (Å²) in [4.78, 5) is 8.11. The molecular formula is C18H26IN5S. The van der Waals surface area contributed by atoms with Gasteiger partial charge in [-0.2, -0.15) is 5.10 Å². The van der Waals surface area contributed by atoms with Gasteiger partial charge in [-0.25, -0.2) is 0 Å². The SMILES string of the molecule is CN=C(NCCSc1ccccc1)N1CCC(c2cnn(C)c2)C1.I. The van der Waals surface area contributed by atoms with Crippen molar-refractivity contribution in [3.63, 3.8) is 0 Å². The number of hydrogen-bond donors (Lipinski definition) is 1. The van der Waals surface area contributed by atoms with E-state index in [0.29, 0.717) is 5.92 Å². The van der Waals surface area contributed by atoms with Gasteiger partial charge in [-0.3, -0.25) is 9.67 Å². The molecule has 7 heteroatoms. The first kappa shape index (κ1) is 20.1.